The maximum atomic E-state index is 10.9. The van der Waals surface area contributed by atoms with Crippen LogP contribution in [0.1, 0.15) is 30.9 Å². The summed E-state index contributed by atoms with van der Waals surface area (Å²) in [4.78, 5) is 10.6. The van der Waals surface area contributed by atoms with E-state index in [2.05, 4.69) is 12.2 Å². The van der Waals surface area contributed by atoms with Crippen LogP contribution in [0.2, 0.25) is 0 Å². The molecular weight excluding hydrogens is 244 g/mol. The third-order valence-corrected chi connectivity index (χ3v) is 3.76. The Morgan fingerprint density at radius 3 is 2.95 bits per heavy atom. The lowest BCUT2D eigenvalue weighted by molar-refractivity contribution is -0.385. The normalized spacial score (nSPS) is 23.3. The Morgan fingerprint density at radius 2 is 2.32 bits per heavy atom. The molecular formula is C14H20N2O3. The standard InChI is InChI=1S/C14H20N2O3/c1-11-12(5-3-6-13(11)16(17)18)9-15-14(2)7-4-8-19-10-14/h3,5-6,15H,4,7-10H2,1-2H3. The van der Waals surface area contributed by atoms with Crippen molar-refractivity contribution in [1.29, 1.82) is 0 Å². The van der Waals surface area contributed by atoms with Gasteiger partial charge >= 0.3 is 0 Å². The van der Waals surface area contributed by atoms with Crippen LogP contribution >= 0.6 is 0 Å². The molecule has 1 N–H and O–H groups in total. The Labute approximate surface area is 113 Å². The van der Waals surface area contributed by atoms with Crippen LogP contribution in [0.4, 0.5) is 5.69 Å². The van der Waals surface area contributed by atoms with Crippen LogP contribution in [0, 0.1) is 17.0 Å². The second-order valence-corrected chi connectivity index (χ2v) is 5.39. The van der Waals surface area contributed by atoms with E-state index in [4.69, 9.17) is 4.74 Å². The second-order valence-electron chi connectivity index (χ2n) is 5.39. The van der Waals surface area contributed by atoms with Crippen LogP contribution in [0.3, 0.4) is 0 Å². The topological polar surface area (TPSA) is 64.4 Å². The summed E-state index contributed by atoms with van der Waals surface area (Å²) in [6.07, 6.45) is 2.12. The molecule has 1 heterocycles. The fourth-order valence-corrected chi connectivity index (χ4v) is 2.44. The number of hydrogen-bond acceptors (Lipinski definition) is 4. The summed E-state index contributed by atoms with van der Waals surface area (Å²) < 4.78 is 5.49. The van der Waals surface area contributed by atoms with Gasteiger partial charge in [-0.2, -0.15) is 0 Å². The Kier molecular flexibility index (Phi) is 4.17. The second kappa shape index (κ2) is 5.67. The first-order chi connectivity index (χ1) is 9.02. The average Bonchev–Trinajstić information content (AvgIpc) is 2.38. The summed E-state index contributed by atoms with van der Waals surface area (Å²) in [6, 6.07) is 5.22. The van der Waals surface area contributed by atoms with E-state index in [0.29, 0.717) is 13.2 Å². The monoisotopic (exact) mass is 264 g/mol. The Balaban J connectivity index is 2.07. The largest absolute Gasteiger partial charge is 0.380 e. The van der Waals surface area contributed by atoms with Gasteiger partial charge in [-0.1, -0.05) is 12.1 Å². The molecule has 0 amide bonds. The smallest absolute Gasteiger partial charge is 0.272 e. The van der Waals surface area contributed by atoms with E-state index in [1.807, 2.05) is 6.07 Å². The van der Waals surface area contributed by atoms with E-state index >= 15 is 0 Å². The van der Waals surface area contributed by atoms with Crippen molar-refractivity contribution in [2.45, 2.75) is 38.8 Å². The van der Waals surface area contributed by atoms with E-state index < -0.39 is 0 Å². The van der Waals surface area contributed by atoms with Gasteiger partial charge in [-0.15, -0.1) is 0 Å². The summed E-state index contributed by atoms with van der Waals surface area (Å²) in [5.41, 5.74) is 1.86. The lowest BCUT2D eigenvalue weighted by Gasteiger charge is -2.34. The van der Waals surface area contributed by atoms with Crippen molar-refractivity contribution in [2.24, 2.45) is 0 Å². The minimum atomic E-state index is -0.329. The maximum Gasteiger partial charge on any atom is 0.272 e. The fraction of sp³-hybridized carbons (Fsp3) is 0.571. The van der Waals surface area contributed by atoms with Gasteiger partial charge in [0.15, 0.2) is 0 Å². The lowest BCUT2D eigenvalue weighted by Crippen LogP contribution is -2.48. The Hall–Kier alpha value is -1.46. The van der Waals surface area contributed by atoms with E-state index in [-0.39, 0.29) is 16.1 Å². The minimum Gasteiger partial charge on any atom is -0.380 e. The van der Waals surface area contributed by atoms with E-state index in [1.54, 1.807) is 19.1 Å². The first-order valence-electron chi connectivity index (χ1n) is 6.57. The molecule has 1 unspecified atom stereocenters. The number of hydrogen-bond donors (Lipinski definition) is 1. The quantitative estimate of drug-likeness (QED) is 0.670. The molecule has 2 rings (SSSR count). The van der Waals surface area contributed by atoms with Crippen molar-refractivity contribution >= 4 is 5.69 Å². The number of nitro groups is 1. The third kappa shape index (κ3) is 3.30. The van der Waals surface area contributed by atoms with Crippen molar-refractivity contribution in [2.75, 3.05) is 13.2 Å². The molecule has 1 atom stereocenters. The highest BCUT2D eigenvalue weighted by atomic mass is 16.6. The van der Waals surface area contributed by atoms with Crippen molar-refractivity contribution in [1.82, 2.24) is 5.32 Å². The van der Waals surface area contributed by atoms with Crippen LogP contribution in [-0.4, -0.2) is 23.7 Å². The first kappa shape index (κ1) is 14.0. The summed E-state index contributed by atoms with van der Waals surface area (Å²) in [5.74, 6) is 0. The molecule has 1 fully saturated rings. The highest BCUT2D eigenvalue weighted by Crippen LogP contribution is 2.23. The number of ether oxygens (including phenoxy) is 1. The van der Waals surface area contributed by atoms with Gasteiger partial charge in [0.05, 0.1) is 11.5 Å². The van der Waals surface area contributed by atoms with E-state index in [0.717, 1.165) is 30.6 Å². The van der Waals surface area contributed by atoms with Gasteiger partial charge in [-0.3, -0.25) is 10.1 Å². The van der Waals surface area contributed by atoms with Crippen LogP contribution in [0.25, 0.3) is 0 Å². The molecule has 1 aliphatic rings. The lowest BCUT2D eigenvalue weighted by atomic mass is 9.94. The molecule has 0 spiro atoms. The molecule has 19 heavy (non-hydrogen) atoms. The first-order valence-corrected chi connectivity index (χ1v) is 6.57. The van der Waals surface area contributed by atoms with Gasteiger partial charge < -0.3 is 10.1 Å². The predicted octanol–water partition coefficient (Wildman–Crippen LogP) is 2.56. The number of nitrogens with one attached hydrogen (secondary N) is 1. The molecule has 1 aromatic carbocycles. The molecule has 1 saturated heterocycles. The summed E-state index contributed by atoms with van der Waals surface area (Å²) >= 11 is 0. The number of benzene rings is 1. The zero-order valence-electron chi connectivity index (χ0n) is 11.4. The zero-order chi connectivity index (χ0) is 13.9. The van der Waals surface area contributed by atoms with E-state index in [9.17, 15) is 10.1 Å². The maximum absolute atomic E-state index is 10.9. The van der Waals surface area contributed by atoms with Gasteiger partial charge in [-0.25, -0.2) is 0 Å². The summed E-state index contributed by atoms with van der Waals surface area (Å²) in [6.45, 7) is 6.09. The van der Waals surface area contributed by atoms with Crippen molar-refractivity contribution in [3.8, 4) is 0 Å². The van der Waals surface area contributed by atoms with Gasteiger partial charge in [0.25, 0.3) is 5.69 Å². The molecule has 1 aromatic rings. The Morgan fingerprint density at radius 1 is 1.53 bits per heavy atom. The fourth-order valence-electron chi connectivity index (χ4n) is 2.44. The van der Waals surface area contributed by atoms with Crippen molar-refractivity contribution in [3.05, 3.63) is 39.4 Å². The van der Waals surface area contributed by atoms with Gasteiger partial charge in [0.2, 0.25) is 0 Å². The van der Waals surface area contributed by atoms with Gasteiger partial charge in [0, 0.05) is 30.3 Å². The molecule has 5 heteroatoms. The van der Waals surface area contributed by atoms with E-state index in [1.165, 1.54) is 0 Å². The van der Waals surface area contributed by atoms with Crippen LogP contribution in [0.15, 0.2) is 18.2 Å². The minimum absolute atomic E-state index is 0.0324. The molecule has 0 aliphatic carbocycles. The average molecular weight is 264 g/mol. The molecule has 0 bridgehead atoms. The molecule has 0 aromatic heterocycles. The van der Waals surface area contributed by atoms with Crippen LogP contribution in [0.5, 0.6) is 0 Å². The number of nitrogens with zero attached hydrogens (tertiary/aromatic N) is 1. The van der Waals surface area contributed by atoms with Crippen molar-refractivity contribution < 1.29 is 9.66 Å². The molecule has 0 saturated carbocycles. The molecule has 104 valence electrons. The van der Waals surface area contributed by atoms with Gasteiger partial charge in [0.1, 0.15) is 0 Å². The SMILES string of the molecule is Cc1c(CNC2(C)CCCOC2)cccc1[N+](=O)[O-]. The number of nitro benzene ring substituents is 1. The predicted molar refractivity (Wildman–Crippen MR) is 73.1 cm³/mol. The number of rotatable bonds is 4. The molecule has 1 aliphatic heterocycles. The van der Waals surface area contributed by atoms with Crippen molar-refractivity contribution in [3.63, 3.8) is 0 Å². The summed E-state index contributed by atoms with van der Waals surface area (Å²) in [5, 5.41) is 14.4. The highest BCUT2D eigenvalue weighted by molar-refractivity contribution is 5.44. The zero-order valence-corrected chi connectivity index (χ0v) is 11.4. The van der Waals surface area contributed by atoms with Crippen LogP contribution < -0.4 is 5.32 Å². The molecule has 0 radical (unpaired) electrons. The Bertz CT molecular complexity index is 468. The van der Waals surface area contributed by atoms with Crippen LogP contribution in [-0.2, 0) is 11.3 Å². The third-order valence-electron chi connectivity index (χ3n) is 3.76. The molecule has 5 nitrogen and oxygen atoms in total. The van der Waals surface area contributed by atoms with Gasteiger partial charge in [-0.05, 0) is 32.3 Å². The highest BCUT2D eigenvalue weighted by Gasteiger charge is 2.27. The summed E-state index contributed by atoms with van der Waals surface area (Å²) in [7, 11) is 0.